The molecule has 1 aromatic heterocycles. The summed E-state index contributed by atoms with van der Waals surface area (Å²) in [7, 11) is 0. The molecule has 2 aliphatic heterocycles. The highest BCUT2D eigenvalue weighted by Gasteiger charge is 2.37. The summed E-state index contributed by atoms with van der Waals surface area (Å²) in [6.45, 7) is 4.79. The van der Waals surface area contributed by atoms with Gasteiger partial charge in [0.2, 0.25) is 0 Å². The van der Waals surface area contributed by atoms with Crippen LogP contribution in [0.15, 0.2) is 52.6 Å². The van der Waals surface area contributed by atoms with Crippen molar-refractivity contribution in [3.05, 3.63) is 54.0 Å². The number of ether oxygens (including phenoxy) is 2. The monoisotopic (exact) mass is 355 g/mol. The van der Waals surface area contributed by atoms with Gasteiger partial charge >= 0.3 is 0 Å². The number of hydrogen-bond acceptors (Lipinski definition) is 5. The first-order valence-corrected chi connectivity index (χ1v) is 9.13. The standard InChI is InChI=1S/C21H25NO4/c1-16-11-18-12-19(4-5-20(18)26-16)25-14-17-3-2-8-22(13-17)21(15-23)6-9-24-10-7-21/h2-5,8,11-12,23H,6-7,9-10,13-15H2,1H3. The molecule has 5 heteroatoms. The summed E-state index contributed by atoms with van der Waals surface area (Å²) in [4.78, 5) is 2.25. The van der Waals surface area contributed by atoms with E-state index in [9.17, 15) is 5.11 Å². The van der Waals surface area contributed by atoms with Crippen LogP contribution in [0.2, 0.25) is 0 Å². The molecule has 138 valence electrons. The van der Waals surface area contributed by atoms with Crippen molar-refractivity contribution in [2.45, 2.75) is 25.3 Å². The lowest BCUT2D eigenvalue weighted by Gasteiger charge is -2.46. The number of aryl methyl sites for hydroxylation is 1. The van der Waals surface area contributed by atoms with E-state index in [1.54, 1.807) is 0 Å². The minimum absolute atomic E-state index is 0.144. The molecule has 26 heavy (non-hydrogen) atoms. The van der Waals surface area contributed by atoms with Crippen LogP contribution in [0, 0.1) is 6.92 Å². The second-order valence-electron chi connectivity index (χ2n) is 7.13. The van der Waals surface area contributed by atoms with Crippen LogP contribution in [0.25, 0.3) is 11.0 Å². The number of nitrogens with zero attached hydrogens (tertiary/aromatic N) is 1. The summed E-state index contributed by atoms with van der Waals surface area (Å²) in [6, 6.07) is 7.91. The molecule has 1 N–H and O–H groups in total. The highest BCUT2D eigenvalue weighted by atomic mass is 16.5. The fourth-order valence-electron chi connectivity index (χ4n) is 3.73. The largest absolute Gasteiger partial charge is 0.489 e. The van der Waals surface area contributed by atoms with E-state index in [-0.39, 0.29) is 12.1 Å². The molecule has 0 atom stereocenters. The molecule has 0 radical (unpaired) electrons. The Bertz CT molecular complexity index is 830. The third kappa shape index (κ3) is 3.37. The molecule has 0 unspecified atom stereocenters. The molecule has 0 saturated carbocycles. The Labute approximate surface area is 153 Å². The van der Waals surface area contributed by atoms with Crippen molar-refractivity contribution in [2.24, 2.45) is 0 Å². The Balaban J connectivity index is 1.41. The van der Waals surface area contributed by atoms with Crippen LogP contribution in [0.5, 0.6) is 5.75 Å². The van der Waals surface area contributed by atoms with Crippen molar-refractivity contribution < 1.29 is 19.0 Å². The summed E-state index contributed by atoms with van der Waals surface area (Å²) in [5, 5.41) is 11.1. The maximum atomic E-state index is 10.00. The molecule has 0 aliphatic carbocycles. The number of aliphatic hydroxyl groups is 1. The van der Waals surface area contributed by atoms with E-state index in [4.69, 9.17) is 13.9 Å². The molecule has 0 amide bonds. The van der Waals surface area contributed by atoms with Crippen LogP contribution in [0.3, 0.4) is 0 Å². The van der Waals surface area contributed by atoms with Gasteiger partial charge in [-0.15, -0.1) is 0 Å². The lowest BCUT2D eigenvalue weighted by molar-refractivity contribution is -0.0351. The minimum Gasteiger partial charge on any atom is -0.489 e. The average molecular weight is 355 g/mol. The molecule has 0 bridgehead atoms. The second-order valence-corrected chi connectivity index (χ2v) is 7.13. The average Bonchev–Trinajstić information content (AvgIpc) is 3.06. The van der Waals surface area contributed by atoms with E-state index in [0.717, 1.165) is 41.9 Å². The van der Waals surface area contributed by atoms with Gasteiger partial charge in [-0.3, -0.25) is 0 Å². The SMILES string of the molecule is Cc1cc2cc(OCC3=CC=CN(C4(CO)CCOCC4)C3)ccc2o1. The van der Waals surface area contributed by atoms with Gasteiger partial charge in [0.25, 0.3) is 0 Å². The Morgan fingerprint density at radius 3 is 2.88 bits per heavy atom. The third-order valence-electron chi connectivity index (χ3n) is 5.33. The fourth-order valence-corrected chi connectivity index (χ4v) is 3.73. The second kappa shape index (κ2) is 7.17. The number of rotatable bonds is 5. The molecule has 1 aromatic carbocycles. The number of aliphatic hydroxyl groups excluding tert-OH is 1. The van der Waals surface area contributed by atoms with Gasteiger partial charge in [0.15, 0.2) is 0 Å². The zero-order valence-corrected chi connectivity index (χ0v) is 15.1. The minimum atomic E-state index is -0.221. The molecule has 3 heterocycles. The maximum Gasteiger partial charge on any atom is 0.134 e. The van der Waals surface area contributed by atoms with Crippen molar-refractivity contribution >= 4 is 11.0 Å². The first-order chi connectivity index (χ1) is 12.7. The summed E-state index contributed by atoms with van der Waals surface area (Å²) < 4.78 is 17.1. The summed E-state index contributed by atoms with van der Waals surface area (Å²) in [5.41, 5.74) is 1.85. The van der Waals surface area contributed by atoms with Gasteiger partial charge in [-0.25, -0.2) is 0 Å². The van der Waals surface area contributed by atoms with Crippen LogP contribution in [0.1, 0.15) is 18.6 Å². The molecule has 4 rings (SSSR count). The van der Waals surface area contributed by atoms with Gasteiger partial charge in [-0.1, -0.05) is 6.08 Å². The summed E-state index contributed by atoms with van der Waals surface area (Å²) >= 11 is 0. The summed E-state index contributed by atoms with van der Waals surface area (Å²) in [5.74, 6) is 1.74. The van der Waals surface area contributed by atoms with Gasteiger partial charge in [-0.2, -0.15) is 0 Å². The lowest BCUT2D eigenvalue weighted by Crippen LogP contribution is -2.53. The first-order valence-electron chi connectivity index (χ1n) is 9.13. The zero-order chi connectivity index (χ0) is 18.0. The van der Waals surface area contributed by atoms with Crippen molar-refractivity contribution in [1.29, 1.82) is 0 Å². The Morgan fingerprint density at radius 1 is 1.23 bits per heavy atom. The molecule has 5 nitrogen and oxygen atoms in total. The van der Waals surface area contributed by atoms with Gasteiger partial charge in [0.05, 0.1) is 12.1 Å². The smallest absolute Gasteiger partial charge is 0.134 e. The molecular formula is C21H25NO4. The molecule has 0 spiro atoms. The van der Waals surface area contributed by atoms with E-state index in [1.807, 2.05) is 37.3 Å². The fraction of sp³-hybridized carbons (Fsp3) is 0.429. The number of hydrogen-bond donors (Lipinski definition) is 1. The van der Waals surface area contributed by atoms with E-state index in [2.05, 4.69) is 17.2 Å². The van der Waals surface area contributed by atoms with Gasteiger partial charge in [0, 0.05) is 31.3 Å². The normalized spacial score (nSPS) is 19.6. The Hall–Kier alpha value is -2.24. The lowest BCUT2D eigenvalue weighted by atomic mass is 9.88. The molecule has 2 aliphatic rings. The Morgan fingerprint density at radius 2 is 2.08 bits per heavy atom. The van der Waals surface area contributed by atoms with Crippen molar-refractivity contribution in [3.8, 4) is 5.75 Å². The topological polar surface area (TPSA) is 55.1 Å². The zero-order valence-electron chi connectivity index (χ0n) is 15.1. The van der Waals surface area contributed by atoms with Crippen molar-refractivity contribution in [2.75, 3.05) is 33.0 Å². The predicted molar refractivity (Wildman–Crippen MR) is 100 cm³/mol. The maximum absolute atomic E-state index is 10.00. The predicted octanol–water partition coefficient (Wildman–Crippen LogP) is 3.42. The quantitative estimate of drug-likeness (QED) is 0.891. The molecule has 1 fully saturated rings. The van der Waals surface area contributed by atoms with Crippen LogP contribution >= 0.6 is 0 Å². The van der Waals surface area contributed by atoms with Gasteiger partial charge < -0.3 is 23.9 Å². The van der Waals surface area contributed by atoms with Crippen LogP contribution in [0.4, 0.5) is 0 Å². The molecule has 1 saturated heterocycles. The van der Waals surface area contributed by atoms with Crippen LogP contribution in [-0.4, -0.2) is 48.5 Å². The first kappa shape index (κ1) is 17.2. The summed E-state index contributed by atoms with van der Waals surface area (Å²) in [6.07, 6.45) is 7.90. The highest BCUT2D eigenvalue weighted by Crippen LogP contribution is 2.30. The van der Waals surface area contributed by atoms with Crippen LogP contribution in [-0.2, 0) is 4.74 Å². The van der Waals surface area contributed by atoms with E-state index in [1.165, 1.54) is 5.57 Å². The van der Waals surface area contributed by atoms with E-state index < -0.39 is 0 Å². The van der Waals surface area contributed by atoms with E-state index in [0.29, 0.717) is 19.8 Å². The van der Waals surface area contributed by atoms with Crippen molar-refractivity contribution in [1.82, 2.24) is 4.90 Å². The molecular weight excluding hydrogens is 330 g/mol. The van der Waals surface area contributed by atoms with Crippen LogP contribution < -0.4 is 4.74 Å². The van der Waals surface area contributed by atoms with Gasteiger partial charge in [-0.05, 0) is 55.7 Å². The number of fused-ring (bicyclic) bond motifs is 1. The van der Waals surface area contributed by atoms with E-state index >= 15 is 0 Å². The highest BCUT2D eigenvalue weighted by molar-refractivity contribution is 5.79. The van der Waals surface area contributed by atoms with Crippen molar-refractivity contribution in [3.63, 3.8) is 0 Å². The Kier molecular flexibility index (Phi) is 4.74. The third-order valence-corrected chi connectivity index (χ3v) is 5.33. The number of allylic oxidation sites excluding steroid dienone is 2. The number of furan rings is 1. The molecule has 2 aromatic rings. The van der Waals surface area contributed by atoms with Gasteiger partial charge in [0.1, 0.15) is 23.7 Å². The number of benzene rings is 1.